The zero-order chi connectivity index (χ0) is 31.6. The highest BCUT2D eigenvalue weighted by Gasteiger charge is 2.19. The smallest absolute Gasteiger partial charge is 0.114 e. The molecule has 2 heteroatoms. The van der Waals surface area contributed by atoms with Crippen molar-refractivity contribution < 1.29 is 0 Å². The van der Waals surface area contributed by atoms with Crippen molar-refractivity contribution in [3.63, 3.8) is 0 Å². The van der Waals surface area contributed by atoms with Gasteiger partial charge in [-0.2, -0.15) is 0 Å². The minimum absolute atomic E-state index is 0.383. The van der Waals surface area contributed by atoms with Crippen LogP contribution in [0.25, 0.3) is 38.6 Å². The van der Waals surface area contributed by atoms with Gasteiger partial charge in [-0.25, -0.2) is 0 Å². The first-order valence-electron chi connectivity index (χ1n) is 16.3. The molecule has 7 rings (SSSR count). The molecule has 46 heavy (non-hydrogen) atoms. The van der Waals surface area contributed by atoms with Gasteiger partial charge in [-0.05, 0) is 112 Å². The lowest BCUT2D eigenvalue weighted by molar-refractivity contribution is 0.861. The first-order chi connectivity index (χ1) is 22.5. The van der Waals surface area contributed by atoms with Gasteiger partial charge in [0.25, 0.3) is 0 Å². The molecule has 0 spiro atoms. The summed E-state index contributed by atoms with van der Waals surface area (Å²) in [4.78, 5) is 2.38. The zero-order valence-corrected chi connectivity index (χ0v) is 26.9. The van der Waals surface area contributed by atoms with Crippen LogP contribution < -0.4 is 10.4 Å². The summed E-state index contributed by atoms with van der Waals surface area (Å²) in [6.07, 6.45) is 6.88. The number of anilines is 3. The Labute approximate surface area is 275 Å². The molecule has 0 aromatic heterocycles. The Hall–Kier alpha value is -5.08. The van der Waals surface area contributed by atoms with E-state index in [4.69, 9.17) is 7.85 Å². The van der Waals surface area contributed by atoms with Crippen molar-refractivity contribution in [2.24, 2.45) is 0 Å². The van der Waals surface area contributed by atoms with E-state index in [0.717, 1.165) is 40.8 Å². The normalized spacial score (nSPS) is 13.0. The molecular formula is C44H38BN. The van der Waals surface area contributed by atoms with Crippen molar-refractivity contribution in [1.29, 1.82) is 0 Å². The summed E-state index contributed by atoms with van der Waals surface area (Å²) in [7, 11) is 6.33. The largest absolute Gasteiger partial charge is 0.310 e. The number of hydrogen-bond donors (Lipinski definition) is 0. The fourth-order valence-corrected chi connectivity index (χ4v) is 6.75. The SMILES string of the molecule is [B]c1ccc(-c2ccc(N(c3ccc(-c4ccccc4)cc3)c3ccc(C4=C(C)CCC=C4)c(C(C)C)c3)cc2)c2ccccc12. The van der Waals surface area contributed by atoms with E-state index >= 15 is 0 Å². The monoisotopic (exact) mass is 591 g/mol. The van der Waals surface area contributed by atoms with Crippen LogP contribution in [-0.2, 0) is 0 Å². The minimum atomic E-state index is 0.383. The molecule has 0 saturated heterocycles. The van der Waals surface area contributed by atoms with Gasteiger partial charge in [-0.3, -0.25) is 0 Å². The Kier molecular flexibility index (Phi) is 8.20. The van der Waals surface area contributed by atoms with Crippen LogP contribution in [0.3, 0.4) is 0 Å². The predicted octanol–water partition coefficient (Wildman–Crippen LogP) is 11.7. The van der Waals surface area contributed by atoms with Gasteiger partial charge in [0.05, 0.1) is 0 Å². The molecule has 2 radical (unpaired) electrons. The molecule has 0 aliphatic heterocycles. The van der Waals surface area contributed by atoms with Gasteiger partial charge >= 0.3 is 0 Å². The second-order valence-electron chi connectivity index (χ2n) is 12.6. The maximum atomic E-state index is 6.33. The molecule has 0 bridgehead atoms. The lowest BCUT2D eigenvalue weighted by Gasteiger charge is -2.28. The predicted molar refractivity (Wildman–Crippen MR) is 200 cm³/mol. The molecule has 1 aliphatic rings. The van der Waals surface area contributed by atoms with E-state index in [-0.39, 0.29) is 0 Å². The molecule has 0 heterocycles. The van der Waals surface area contributed by atoms with Crippen molar-refractivity contribution in [2.75, 3.05) is 4.90 Å². The molecular weight excluding hydrogens is 553 g/mol. The van der Waals surface area contributed by atoms with Gasteiger partial charge < -0.3 is 4.90 Å². The molecule has 0 N–H and O–H groups in total. The molecule has 6 aromatic carbocycles. The van der Waals surface area contributed by atoms with Crippen molar-refractivity contribution >= 4 is 46.7 Å². The average molecular weight is 592 g/mol. The van der Waals surface area contributed by atoms with Gasteiger partial charge in [0.15, 0.2) is 0 Å². The molecule has 0 saturated carbocycles. The summed E-state index contributed by atoms with van der Waals surface area (Å²) in [6.45, 7) is 6.88. The van der Waals surface area contributed by atoms with Crippen molar-refractivity contribution in [3.8, 4) is 22.3 Å². The molecule has 1 aliphatic carbocycles. The Morgan fingerprint density at radius 3 is 1.85 bits per heavy atom. The summed E-state index contributed by atoms with van der Waals surface area (Å²) in [6, 6.07) is 48.0. The number of allylic oxidation sites excluding steroid dienone is 4. The Bertz CT molecular complexity index is 2070. The van der Waals surface area contributed by atoms with Gasteiger partial charge in [-0.15, -0.1) is 0 Å². The van der Waals surface area contributed by atoms with Crippen molar-refractivity contribution in [1.82, 2.24) is 0 Å². The topological polar surface area (TPSA) is 3.24 Å². The van der Waals surface area contributed by atoms with Crippen LogP contribution >= 0.6 is 0 Å². The van der Waals surface area contributed by atoms with Crippen LogP contribution in [0.1, 0.15) is 50.7 Å². The maximum Gasteiger partial charge on any atom is 0.114 e. The Morgan fingerprint density at radius 1 is 0.587 bits per heavy atom. The first-order valence-corrected chi connectivity index (χ1v) is 16.3. The summed E-state index contributed by atoms with van der Waals surface area (Å²) in [5.74, 6) is 0.383. The molecule has 0 unspecified atom stereocenters. The van der Waals surface area contributed by atoms with E-state index in [2.05, 4.69) is 159 Å². The number of nitrogens with zero attached hydrogens (tertiary/aromatic N) is 1. The van der Waals surface area contributed by atoms with Gasteiger partial charge in [-0.1, -0.05) is 134 Å². The minimum Gasteiger partial charge on any atom is -0.310 e. The lowest BCUT2D eigenvalue weighted by Crippen LogP contribution is -2.11. The number of fused-ring (bicyclic) bond motifs is 1. The highest BCUT2D eigenvalue weighted by molar-refractivity contribution is 6.39. The van der Waals surface area contributed by atoms with Crippen molar-refractivity contribution in [2.45, 2.75) is 39.5 Å². The summed E-state index contributed by atoms with van der Waals surface area (Å²) < 4.78 is 0. The van der Waals surface area contributed by atoms with E-state index in [9.17, 15) is 0 Å². The van der Waals surface area contributed by atoms with Gasteiger partial charge in [0.2, 0.25) is 0 Å². The standard InChI is InChI=1S/C44H38BN/c1-30(2)43-29-37(25-26-41(43)38-14-8-7-11-31(38)3)46(35-21-17-33(18-22-35)32-12-5-4-6-13-32)36-23-19-34(20-24-36)39-27-28-44(45)42-16-10-9-15-40(39)42/h4-6,8-10,12-30H,7,11H2,1-3H3. The van der Waals surface area contributed by atoms with Gasteiger partial charge in [0.1, 0.15) is 7.85 Å². The summed E-state index contributed by atoms with van der Waals surface area (Å²) >= 11 is 0. The second kappa shape index (κ2) is 12.7. The van der Waals surface area contributed by atoms with Gasteiger partial charge in [0, 0.05) is 17.1 Å². The highest BCUT2D eigenvalue weighted by Crippen LogP contribution is 2.41. The van der Waals surface area contributed by atoms with Crippen LogP contribution in [0, 0.1) is 0 Å². The highest BCUT2D eigenvalue weighted by atomic mass is 15.1. The fourth-order valence-electron chi connectivity index (χ4n) is 6.75. The molecule has 1 nitrogen and oxygen atoms in total. The third-order valence-corrected chi connectivity index (χ3v) is 9.26. The molecule has 0 fully saturated rings. The van der Waals surface area contributed by atoms with E-state index in [1.807, 2.05) is 12.1 Å². The van der Waals surface area contributed by atoms with E-state index in [1.165, 1.54) is 49.9 Å². The Balaban J connectivity index is 1.34. The van der Waals surface area contributed by atoms with E-state index in [0.29, 0.717) is 5.92 Å². The van der Waals surface area contributed by atoms with Crippen LogP contribution in [0.4, 0.5) is 17.1 Å². The first kappa shape index (κ1) is 29.6. The molecule has 0 atom stereocenters. The average Bonchev–Trinajstić information content (AvgIpc) is 3.10. The second-order valence-corrected chi connectivity index (χ2v) is 12.6. The van der Waals surface area contributed by atoms with Crippen LogP contribution in [0.15, 0.2) is 151 Å². The lowest BCUT2D eigenvalue weighted by atomic mass is 9.86. The molecule has 222 valence electrons. The zero-order valence-electron chi connectivity index (χ0n) is 26.9. The van der Waals surface area contributed by atoms with Crippen LogP contribution in [-0.4, -0.2) is 7.85 Å². The van der Waals surface area contributed by atoms with Crippen LogP contribution in [0.5, 0.6) is 0 Å². The summed E-state index contributed by atoms with van der Waals surface area (Å²) in [5, 5.41) is 2.26. The number of rotatable bonds is 7. The van der Waals surface area contributed by atoms with E-state index in [1.54, 1.807) is 0 Å². The quantitative estimate of drug-likeness (QED) is 0.167. The molecule has 6 aromatic rings. The maximum absolute atomic E-state index is 6.33. The third kappa shape index (κ3) is 5.72. The van der Waals surface area contributed by atoms with E-state index < -0.39 is 0 Å². The number of benzene rings is 6. The number of hydrogen-bond acceptors (Lipinski definition) is 1. The molecule has 0 amide bonds. The fraction of sp³-hybridized carbons (Fsp3) is 0.136. The Morgan fingerprint density at radius 2 is 1.17 bits per heavy atom. The van der Waals surface area contributed by atoms with Crippen molar-refractivity contribution in [3.05, 3.63) is 162 Å². The van der Waals surface area contributed by atoms with Crippen LogP contribution in [0.2, 0.25) is 0 Å². The summed E-state index contributed by atoms with van der Waals surface area (Å²) in [5.41, 5.74) is 14.5. The third-order valence-electron chi connectivity index (χ3n) is 9.26.